The summed E-state index contributed by atoms with van der Waals surface area (Å²) in [6, 6.07) is 8.75. The summed E-state index contributed by atoms with van der Waals surface area (Å²) in [5.74, 6) is 2.13. The quantitative estimate of drug-likeness (QED) is 0.919. The predicted octanol–water partition coefficient (Wildman–Crippen LogP) is 3.13. The molecular formula is C17H21N3O. The van der Waals surface area contributed by atoms with Crippen LogP contribution in [0.1, 0.15) is 66.8 Å². The molecule has 2 aromatic rings. The Balaban J connectivity index is 1.61. The number of rotatable bonds is 2. The minimum absolute atomic E-state index is 0.169. The molecule has 4 nitrogen and oxygen atoms in total. The van der Waals surface area contributed by atoms with Crippen LogP contribution < -0.4 is 5.73 Å². The van der Waals surface area contributed by atoms with Crippen LogP contribution in [-0.4, -0.2) is 16.2 Å². The molecule has 0 radical (unpaired) electrons. The summed E-state index contributed by atoms with van der Waals surface area (Å²) < 4.78 is 5.56. The lowest BCUT2D eigenvalue weighted by Gasteiger charge is -2.25. The van der Waals surface area contributed by atoms with Gasteiger partial charge in [0.1, 0.15) is 0 Å². The normalized spacial score (nSPS) is 28.5. The van der Waals surface area contributed by atoms with Gasteiger partial charge in [-0.25, -0.2) is 0 Å². The molecule has 21 heavy (non-hydrogen) atoms. The summed E-state index contributed by atoms with van der Waals surface area (Å²) in [7, 11) is 0. The van der Waals surface area contributed by atoms with Gasteiger partial charge in [-0.2, -0.15) is 4.98 Å². The van der Waals surface area contributed by atoms with Gasteiger partial charge in [0.2, 0.25) is 5.89 Å². The summed E-state index contributed by atoms with van der Waals surface area (Å²) in [5.41, 5.74) is 9.00. The molecule has 1 fully saturated rings. The number of aryl methyl sites for hydroxylation is 1. The minimum atomic E-state index is 0.169. The Kier molecular flexibility index (Phi) is 3.26. The standard InChI is InChI=1S/C17H21N3O/c18-15-8-4-3-7-14(15)17-19-16(20-21-17)13-10-9-11-5-1-2-6-12(11)13/h1-2,5-6,13-15H,3-4,7-10,18H2. The Bertz CT molecular complexity index is 636. The zero-order valence-electron chi connectivity index (χ0n) is 12.2. The van der Waals surface area contributed by atoms with Gasteiger partial charge in [0.25, 0.3) is 0 Å². The summed E-state index contributed by atoms with van der Waals surface area (Å²) in [5, 5.41) is 4.27. The molecule has 4 heteroatoms. The van der Waals surface area contributed by atoms with Gasteiger partial charge in [0.05, 0.1) is 5.92 Å². The van der Waals surface area contributed by atoms with E-state index in [1.54, 1.807) is 0 Å². The highest BCUT2D eigenvalue weighted by Gasteiger charge is 2.32. The molecule has 3 unspecified atom stereocenters. The van der Waals surface area contributed by atoms with Crippen molar-refractivity contribution in [3.8, 4) is 0 Å². The maximum Gasteiger partial charge on any atom is 0.231 e. The van der Waals surface area contributed by atoms with Crippen LogP contribution in [0.15, 0.2) is 28.8 Å². The summed E-state index contributed by atoms with van der Waals surface area (Å²) in [6.45, 7) is 0. The average Bonchev–Trinajstić information content (AvgIpc) is 3.14. The van der Waals surface area contributed by atoms with Gasteiger partial charge in [-0.15, -0.1) is 0 Å². The molecule has 2 N–H and O–H groups in total. The molecule has 4 rings (SSSR count). The number of benzene rings is 1. The van der Waals surface area contributed by atoms with Crippen molar-refractivity contribution in [2.75, 3.05) is 0 Å². The monoisotopic (exact) mass is 283 g/mol. The van der Waals surface area contributed by atoms with E-state index in [1.165, 1.54) is 24.0 Å². The second-order valence-corrected chi connectivity index (χ2v) is 6.34. The number of nitrogens with two attached hydrogens (primary N) is 1. The first-order valence-electron chi connectivity index (χ1n) is 8.00. The fourth-order valence-electron chi connectivity index (χ4n) is 3.83. The Labute approximate surface area is 124 Å². The molecule has 0 aliphatic heterocycles. The van der Waals surface area contributed by atoms with Crippen LogP contribution >= 0.6 is 0 Å². The van der Waals surface area contributed by atoms with Crippen molar-refractivity contribution < 1.29 is 4.52 Å². The van der Waals surface area contributed by atoms with E-state index in [4.69, 9.17) is 15.2 Å². The lowest BCUT2D eigenvalue weighted by molar-refractivity contribution is 0.289. The molecule has 0 saturated heterocycles. The largest absolute Gasteiger partial charge is 0.339 e. The smallest absolute Gasteiger partial charge is 0.231 e. The third-order valence-electron chi connectivity index (χ3n) is 5.04. The van der Waals surface area contributed by atoms with Gasteiger partial charge in [0, 0.05) is 12.0 Å². The Morgan fingerprint density at radius 2 is 1.95 bits per heavy atom. The first-order chi connectivity index (χ1) is 10.3. The molecular weight excluding hydrogens is 262 g/mol. The Morgan fingerprint density at radius 1 is 1.10 bits per heavy atom. The second-order valence-electron chi connectivity index (χ2n) is 6.34. The van der Waals surface area contributed by atoms with Gasteiger partial charge in [0.15, 0.2) is 5.82 Å². The minimum Gasteiger partial charge on any atom is -0.339 e. The zero-order chi connectivity index (χ0) is 14.2. The number of fused-ring (bicyclic) bond motifs is 1. The van der Waals surface area contributed by atoms with E-state index in [0.717, 1.165) is 37.4 Å². The number of nitrogens with zero attached hydrogens (tertiary/aromatic N) is 2. The number of hydrogen-bond donors (Lipinski definition) is 1. The van der Waals surface area contributed by atoms with Crippen LogP contribution in [0.25, 0.3) is 0 Å². The van der Waals surface area contributed by atoms with E-state index >= 15 is 0 Å². The molecule has 110 valence electrons. The van der Waals surface area contributed by atoms with E-state index in [9.17, 15) is 0 Å². The first kappa shape index (κ1) is 13.0. The topological polar surface area (TPSA) is 64.9 Å². The summed E-state index contributed by atoms with van der Waals surface area (Å²) in [6.07, 6.45) is 6.75. The fraction of sp³-hybridized carbons (Fsp3) is 0.529. The molecule has 0 amide bonds. The van der Waals surface area contributed by atoms with Gasteiger partial charge in [-0.1, -0.05) is 42.3 Å². The highest BCUT2D eigenvalue weighted by Crippen LogP contribution is 2.38. The highest BCUT2D eigenvalue weighted by atomic mass is 16.5. The summed E-state index contributed by atoms with van der Waals surface area (Å²) in [4.78, 5) is 4.71. The van der Waals surface area contributed by atoms with Gasteiger partial charge in [-0.3, -0.25) is 0 Å². The van der Waals surface area contributed by atoms with Crippen LogP contribution in [0.2, 0.25) is 0 Å². The van der Waals surface area contributed by atoms with Crippen LogP contribution in [0.5, 0.6) is 0 Å². The van der Waals surface area contributed by atoms with E-state index in [1.807, 2.05) is 0 Å². The van der Waals surface area contributed by atoms with E-state index in [0.29, 0.717) is 5.92 Å². The molecule has 0 bridgehead atoms. The lowest BCUT2D eigenvalue weighted by atomic mass is 9.85. The Hall–Kier alpha value is -1.68. The van der Waals surface area contributed by atoms with Crippen molar-refractivity contribution in [1.82, 2.24) is 10.1 Å². The van der Waals surface area contributed by atoms with E-state index < -0.39 is 0 Å². The van der Waals surface area contributed by atoms with Crippen LogP contribution in [-0.2, 0) is 6.42 Å². The van der Waals surface area contributed by atoms with Crippen LogP contribution in [0, 0.1) is 0 Å². The SMILES string of the molecule is NC1CCCCC1c1nc(C2CCc3ccccc32)no1. The Morgan fingerprint density at radius 3 is 2.86 bits per heavy atom. The van der Waals surface area contributed by atoms with Gasteiger partial charge in [-0.05, 0) is 36.8 Å². The van der Waals surface area contributed by atoms with Crippen molar-refractivity contribution in [3.63, 3.8) is 0 Å². The molecule has 1 heterocycles. The van der Waals surface area contributed by atoms with E-state index in [-0.39, 0.29) is 12.0 Å². The third kappa shape index (κ3) is 2.27. The van der Waals surface area contributed by atoms with E-state index in [2.05, 4.69) is 29.4 Å². The van der Waals surface area contributed by atoms with Crippen LogP contribution in [0.4, 0.5) is 0 Å². The molecule has 3 atom stereocenters. The molecule has 2 aliphatic carbocycles. The van der Waals surface area contributed by atoms with Crippen molar-refractivity contribution in [2.45, 2.75) is 56.4 Å². The number of aromatic nitrogens is 2. The second kappa shape index (κ2) is 5.26. The average molecular weight is 283 g/mol. The van der Waals surface area contributed by atoms with Crippen molar-refractivity contribution in [2.24, 2.45) is 5.73 Å². The van der Waals surface area contributed by atoms with Crippen molar-refractivity contribution in [1.29, 1.82) is 0 Å². The molecule has 1 aromatic heterocycles. The van der Waals surface area contributed by atoms with Crippen molar-refractivity contribution in [3.05, 3.63) is 47.1 Å². The summed E-state index contributed by atoms with van der Waals surface area (Å²) >= 11 is 0. The fourth-order valence-corrected chi connectivity index (χ4v) is 3.83. The molecule has 0 spiro atoms. The first-order valence-corrected chi connectivity index (χ1v) is 8.00. The van der Waals surface area contributed by atoms with Gasteiger partial charge < -0.3 is 10.3 Å². The molecule has 2 aliphatic rings. The van der Waals surface area contributed by atoms with Crippen LogP contribution in [0.3, 0.4) is 0 Å². The molecule has 1 aromatic carbocycles. The lowest BCUT2D eigenvalue weighted by Crippen LogP contribution is -2.31. The molecule has 1 saturated carbocycles. The maximum atomic E-state index is 6.22. The number of hydrogen-bond acceptors (Lipinski definition) is 4. The zero-order valence-corrected chi connectivity index (χ0v) is 12.2. The van der Waals surface area contributed by atoms with Gasteiger partial charge >= 0.3 is 0 Å². The predicted molar refractivity (Wildman–Crippen MR) is 80.1 cm³/mol. The van der Waals surface area contributed by atoms with Crippen molar-refractivity contribution >= 4 is 0 Å². The highest BCUT2D eigenvalue weighted by molar-refractivity contribution is 5.38. The maximum absolute atomic E-state index is 6.22. The third-order valence-corrected chi connectivity index (χ3v) is 5.04.